The van der Waals surface area contributed by atoms with Crippen molar-refractivity contribution in [3.63, 3.8) is 0 Å². The maximum atomic E-state index is 12.6. The van der Waals surface area contributed by atoms with E-state index in [1.54, 1.807) is 26.2 Å². The Morgan fingerprint density at radius 3 is 2.62 bits per heavy atom. The van der Waals surface area contributed by atoms with Crippen LogP contribution < -0.4 is 15.4 Å². The van der Waals surface area contributed by atoms with Crippen molar-refractivity contribution in [2.24, 2.45) is 0 Å². The lowest BCUT2D eigenvalue weighted by molar-refractivity contribution is -0.114. The van der Waals surface area contributed by atoms with Crippen LogP contribution in [0.3, 0.4) is 0 Å². The lowest BCUT2D eigenvalue weighted by Crippen LogP contribution is -2.12. The number of aryl methyl sites for hydroxylation is 1. The smallest absolute Gasteiger partial charge is 0.341 e. The minimum Gasteiger partial charge on any atom is -0.496 e. The molecule has 8 heteroatoms. The average Bonchev–Trinajstić information content (AvgIpc) is 2.77. The second-order valence-electron chi connectivity index (χ2n) is 7.11. The number of carbonyl (C=O) groups is 2. The number of hydrogen-bond donors (Lipinski definition) is 2. The van der Waals surface area contributed by atoms with Crippen molar-refractivity contribution in [1.82, 2.24) is 4.98 Å². The molecule has 0 aliphatic heterocycles. The molecule has 2 N–H and O–H groups in total. The van der Waals surface area contributed by atoms with Crippen LogP contribution in [-0.4, -0.2) is 30.6 Å². The third-order valence-electron chi connectivity index (χ3n) is 4.82. The molecule has 0 saturated heterocycles. The van der Waals surface area contributed by atoms with Gasteiger partial charge in [-0.2, -0.15) is 0 Å². The molecule has 0 aliphatic rings. The SMILES string of the molecule is [C-]#[N+]c1cc(NC(C)=O)c2ncc(C(=O)OCC)c(NCc3ccc(OC)c(C)c3)c2c1. The van der Waals surface area contributed by atoms with E-state index in [4.69, 9.17) is 16.0 Å². The number of nitrogens with one attached hydrogen (secondary N) is 2. The molecule has 0 saturated carbocycles. The second kappa shape index (κ2) is 9.79. The monoisotopic (exact) mass is 432 g/mol. The van der Waals surface area contributed by atoms with Crippen LogP contribution in [0, 0.1) is 13.5 Å². The molecule has 32 heavy (non-hydrogen) atoms. The molecule has 0 fully saturated rings. The molecule has 1 aromatic heterocycles. The maximum absolute atomic E-state index is 12.6. The fourth-order valence-corrected chi connectivity index (χ4v) is 3.43. The Morgan fingerprint density at radius 1 is 1.22 bits per heavy atom. The first kappa shape index (κ1) is 22.6. The molecule has 0 spiro atoms. The van der Waals surface area contributed by atoms with E-state index in [9.17, 15) is 9.59 Å². The van der Waals surface area contributed by atoms with Gasteiger partial charge in [0.05, 0.1) is 37.2 Å². The van der Waals surface area contributed by atoms with Crippen LogP contribution in [0.2, 0.25) is 0 Å². The highest BCUT2D eigenvalue weighted by Crippen LogP contribution is 2.35. The van der Waals surface area contributed by atoms with Crippen molar-refractivity contribution in [3.8, 4) is 5.75 Å². The molecule has 1 amide bonds. The quantitative estimate of drug-likeness (QED) is 0.409. The van der Waals surface area contributed by atoms with Gasteiger partial charge in [-0.25, -0.2) is 9.64 Å². The first-order valence-electron chi connectivity index (χ1n) is 10.0. The Kier molecular flexibility index (Phi) is 6.90. The van der Waals surface area contributed by atoms with Crippen LogP contribution in [0.1, 0.15) is 35.3 Å². The zero-order valence-electron chi connectivity index (χ0n) is 18.4. The van der Waals surface area contributed by atoms with Gasteiger partial charge in [-0.05, 0) is 43.2 Å². The summed E-state index contributed by atoms with van der Waals surface area (Å²) in [7, 11) is 1.62. The van der Waals surface area contributed by atoms with E-state index in [-0.39, 0.29) is 18.1 Å². The van der Waals surface area contributed by atoms with Gasteiger partial charge < -0.3 is 20.1 Å². The van der Waals surface area contributed by atoms with Crippen LogP contribution in [-0.2, 0) is 16.1 Å². The van der Waals surface area contributed by atoms with Gasteiger partial charge in [-0.1, -0.05) is 12.1 Å². The molecule has 1 heterocycles. The molecule has 3 aromatic rings. The van der Waals surface area contributed by atoms with Gasteiger partial charge in [0.2, 0.25) is 5.91 Å². The van der Waals surface area contributed by atoms with Crippen molar-refractivity contribution in [2.45, 2.75) is 27.3 Å². The van der Waals surface area contributed by atoms with Gasteiger partial charge in [-0.15, -0.1) is 0 Å². The standard InChI is InChI=1S/C24H24N4O4/c1-6-32-24(30)19-13-27-23-18(10-17(25-4)11-20(23)28-15(3)29)22(19)26-12-16-7-8-21(31-5)14(2)9-16/h7-11,13H,6,12H2,1-3,5H3,(H,26,27)(H,28,29). The highest BCUT2D eigenvalue weighted by atomic mass is 16.5. The summed E-state index contributed by atoms with van der Waals surface area (Å²) in [6.45, 7) is 13.1. The zero-order valence-corrected chi connectivity index (χ0v) is 18.4. The molecule has 0 aliphatic carbocycles. The van der Waals surface area contributed by atoms with Crippen LogP contribution in [0.25, 0.3) is 15.7 Å². The molecule has 3 rings (SSSR count). The topological polar surface area (TPSA) is 93.9 Å². The Labute approximate surface area is 186 Å². The minimum atomic E-state index is -0.524. The Hall–Kier alpha value is -4.12. The van der Waals surface area contributed by atoms with Gasteiger partial charge in [-0.3, -0.25) is 9.78 Å². The number of rotatable bonds is 7. The summed E-state index contributed by atoms with van der Waals surface area (Å²) in [5, 5.41) is 6.57. The number of ether oxygens (including phenoxy) is 2. The second-order valence-corrected chi connectivity index (χ2v) is 7.11. The van der Waals surface area contributed by atoms with Gasteiger partial charge in [0.1, 0.15) is 11.3 Å². The number of pyridine rings is 1. The fraction of sp³-hybridized carbons (Fsp3) is 0.250. The van der Waals surface area contributed by atoms with Gasteiger partial charge in [0, 0.05) is 25.1 Å². The number of benzene rings is 2. The number of esters is 1. The van der Waals surface area contributed by atoms with E-state index < -0.39 is 5.97 Å². The normalized spacial score (nSPS) is 10.3. The van der Waals surface area contributed by atoms with Crippen LogP contribution in [0.15, 0.2) is 36.5 Å². The first-order valence-corrected chi connectivity index (χ1v) is 10.0. The maximum Gasteiger partial charge on any atom is 0.341 e. The third-order valence-corrected chi connectivity index (χ3v) is 4.82. The van der Waals surface area contributed by atoms with Gasteiger partial charge in [0.25, 0.3) is 0 Å². The number of aromatic nitrogens is 1. The van der Waals surface area contributed by atoms with Crippen LogP contribution in [0.5, 0.6) is 5.75 Å². The molecule has 0 bridgehead atoms. The number of carbonyl (C=O) groups excluding carboxylic acids is 2. The summed E-state index contributed by atoms with van der Waals surface area (Å²) in [5.41, 5.74) is 3.88. The number of methoxy groups -OCH3 is 1. The zero-order chi connectivity index (χ0) is 23.3. The van der Waals surface area contributed by atoms with E-state index in [0.29, 0.717) is 34.5 Å². The van der Waals surface area contributed by atoms with E-state index in [1.807, 2.05) is 25.1 Å². The van der Waals surface area contributed by atoms with E-state index >= 15 is 0 Å². The van der Waals surface area contributed by atoms with Crippen molar-refractivity contribution in [1.29, 1.82) is 0 Å². The molecule has 0 radical (unpaired) electrons. The van der Waals surface area contributed by atoms with Crippen molar-refractivity contribution >= 4 is 39.8 Å². The summed E-state index contributed by atoms with van der Waals surface area (Å²) in [6.07, 6.45) is 1.42. The summed E-state index contributed by atoms with van der Waals surface area (Å²) < 4.78 is 10.5. The highest BCUT2D eigenvalue weighted by molar-refractivity contribution is 6.10. The van der Waals surface area contributed by atoms with Gasteiger partial charge in [0.15, 0.2) is 5.69 Å². The van der Waals surface area contributed by atoms with Gasteiger partial charge >= 0.3 is 5.97 Å². The predicted molar refractivity (Wildman–Crippen MR) is 123 cm³/mol. The molecular formula is C24H24N4O4. The Bertz CT molecular complexity index is 1230. The summed E-state index contributed by atoms with van der Waals surface area (Å²) in [6, 6.07) is 9.01. The highest BCUT2D eigenvalue weighted by Gasteiger charge is 2.19. The number of fused-ring (bicyclic) bond motifs is 1. The predicted octanol–water partition coefficient (Wildman–Crippen LogP) is 4.85. The minimum absolute atomic E-state index is 0.215. The van der Waals surface area contributed by atoms with E-state index in [0.717, 1.165) is 16.9 Å². The number of nitrogens with zero attached hydrogens (tertiary/aromatic N) is 2. The number of amides is 1. The average molecular weight is 432 g/mol. The molecule has 0 unspecified atom stereocenters. The summed E-state index contributed by atoms with van der Waals surface area (Å²) >= 11 is 0. The molecule has 8 nitrogen and oxygen atoms in total. The number of hydrogen-bond acceptors (Lipinski definition) is 6. The summed E-state index contributed by atoms with van der Waals surface area (Å²) in [4.78, 5) is 32.2. The van der Waals surface area contributed by atoms with Crippen molar-refractivity contribution in [2.75, 3.05) is 24.4 Å². The fourth-order valence-electron chi connectivity index (χ4n) is 3.43. The largest absolute Gasteiger partial charge is 0.496 e. The molecule has 0 atom stereocenters. The third kappa shape index (κ3) is 4.78. The van der Waals surface area contributed by atoms with E-state index in [1.165, 1.54) is 13.1 Å². The molecule has 2 aromatic carbocycles. The lowest BCUT2D eigenvalue weighted by Gasteiger charge is -2.17. The Morgan fingerprint density at radius 2 is 2.00 bits per heavy atom. The van der Waals surface area contributed by atoms with Crippen molar-refractivity contribution < 1.29 is 19.1 Å². The summed E-state index contributed by atoms with van der Waals surface area (Å²) in [5.74, 6) is -0.0190. The van der Waals surface area contributed by atoms with Crippen LogP contribution >= 0.6 is 0 Å². The molecular weight excluding hydrogens is 408 g/mol. The van der Waals surface area contributed by atoms with Crippen LogP contribution in [0.4, 0.5) is 17.1 Å². The first-order chi connectivity index (χ1) is 15.4. The molecule has 164 valence electrons. The lowest BCUT2D eigenvalue weighted by atomic mass is 10.1. The number of anilines is 2. The van der Waals surface area contributed by atoms with Crippen molar-refractivity contribution in [3.05, 3.63) is 64.6 Å². The Balaban J connectivity index is 2.14. The van der Waals surface area contributed by atoms with E-state index in [2.05, 4.69) is 20.5 Å².